The molecule has 2 fully saturated rings. The molecule has 11 heteroatoms. The van der Waals surface area contributed by atoms with Crippen molar-refractivity contribution in [1.82, 2.24) is 19.0 Å². The fraction of sp³-hybridized carbons (Fsp3) is 0.360. The van der Waals surface area contributed by atoms with E-state index < -0.39 is 21.8 Å². The second-order valence-corrected chi connectivity index (χ2v) is 10.9. The Balaban J connectivity index is 1.34. The molecule has 0 bridgehead atoms. The van der Waals surface area contributed by atoms with E-state index in [2.05, 4.69) is 5.10 Å². The summed E-state index contributed by atoms with van der Waals surface area (Å²) in [5, 5.41) is 4.22. The van der Waals surface area contributed by atoms with Crippen molar-refractivity contribution in [3.05, 3.63) is 78.1 Å². The largest absolute Gasteiger partial charge is 0.416 e. The Morgan fingerprint density at radius 3 is 2.28 bits per heavy atom. The molecule has 190 valence electrons. The Morgan fingerprint density at radius 1 is 0.944 bits per heavy atom. The SMILES string of the molecule is O=C(c1ccccc1-n1cccn1)N1CCC(N(C2CC2)S(=O)(=O)c2cccc(C(F)(F)F)c2)CC1. The van der Waals surface area contributed by atoms with Crippen LogP contribution >= 0.6 is 0 Å². The van der Waals surface area contributed by atoms with Gasteiger partial charge in [-0.3, -0.25) is 4.79 Å². The van der Waals surface area contributed by atoms with Gasteiger partial charge in [0.2, 0.25) is 10.0 Å². The van der Waals surface area contributed by atoms with Gasteiger partial charge in [0, 0.05) is 37.6 Å². The Kier molecular flexibility index (Phi) is 6.37. The second kappa shape index (κ2) is 9.36. The van der Waals surface area contributed by atoms with Gasteiger partial charge in [0.05, 0.1) is 21.7 Å². The third-order valence-corrected chi connectivity index (χ3v) is 8.64. The Labute approximate surface area is 207 Å². The number of halogens is 3. The first-order chi connectivity index (χ1) is 17.2. The zero-order valence-electron chi connectivity index (χ0n) is 19.3. The molecule has 1 amide bonds. The number of rotatable bonds is 6. The maximum atomic E-state index is 13.5. The quantitative estimate of drug-likeness (QED) is 0.486. The summed E-state index contributed by atoms with van der Waals surface area (Å²) in [5.41, 5.74) is 0.159. The average molecular weight is 519 g/mol. The summed E-state index contributed by atoms with van der Waals surface area (Å²) in [6.45, 7) is 0.691. The van der Waals surface area contributed by atoms with Crippen LogP contribution in [-0.4, -0.2) is 58.5 Å². The van der Waals surface area contributed by atoms with Crippen LogP contribution in [0.4, 0.5) is 13.2 Å². The summed E-state index contributed by atoms with van der Waals surface area (Å²) in [7, 11) is -4.13. The van der Waals surface area contributed by atoms with Crippen molar-refractivity contribution >= 4 is 15.9 Å². The van der Waals surface area contributed by atoms with Crippen LogP contribution in [0.1, 0.15) is 41.6 Å². The molecular formula is C25H25F3N4O3S. The van der Waals surface area contributed by atoms with Crippen LogP contribution in [0.15, 0.2) is 71.9 Å². The monoisotopic (exact) mass is 518 g/mol. The van der Waals surface area contributed by atoms with Crippen molar-refractivity contribution in [2.24, 2.45) is 0 Å². The zero-order valence-corrected chi connectivity index (χ0v) is 20.1. The molecule has 0 N–H and O–H groups in total. The number of nitrogens with zero attached hydrogens (tertiary/aromatic N) is 4. The maximum absolute atomic E-state index is 13.5. The third kappa shape index (κ3) is 4.77. The van der Waals surface area contributed by atoms with Gasteiger partial charge in [-0.15, -0.1) is 0 Å². The van der Waals surface area contributed by atoms with Gasteiger partial charge in [-0.1, -0.05) is 18.2 Å². The van der Waals surface area contributed by atoms with E-state index in [0.29, 0.717) is 56.1 Å². The molecule has 36 heavy (non-hydrogen) atoms. The van der Waals surface area contributed by atoms with Gasteiger partial charge in [0.15, 0.2) is 0 Å². The highest BCUT2D eigenvalue weighted by molar-refractivity contribution is 7.89. The molecule has 0 atom stereocenters. The number of likely N-dealkylation sites (tertiary alicyclic amines) is 1. The van der Waals surface area contributed by atoms with E-state index in [9.17, 15) is 26.4 Å². The van der Waals surface area contributed by atoms with Crippen molar-refractivity contribution in [2.45, 2.75) is 48.8 Å². The molecule has 2 aromatic carbocycles. The lowest BCUT2D eigenvalue weighted by Gasteiger charge is -2.38. The lowest BCUT2D eigenvalue weighted by Crippen LogP contribution is -2.49. The van der Waals surface area contributed by atoms with Crippen LogP contribution in [0, 0.1) is 0 Å². The van der Waals surface area contributed by atoms with E-state index in [4.69, 9.17) is 0 Å². The van der Waals surface area contributed by atoms with E-state index in [1.807, 2.05) is 12.1 Å². The van der Waals surface area contributed by atoms with Crippen molar-refractivity contribution in [3.63, 3.8) is 0 Å². The molecule has 5 rings (SSSR count). The highest BCUT2D eigenvalue weighted by atomic mass is 32.2. The van der Waals surface area contributed by atoms with E-state index in [1.165, 1.54) is 10.4 Å². The minimum absolute atomic E-state index is 0.168. The highest BCUT2D eigenvalue weighted by Crippen LogP contribution is 2.38. The van der Waals surface area contributed by atoms with Crippen molar-refractivity contribution in [1.29, 1.82) is 0 Å². The zero-order chi connectivity index (χ0) is 25.5. The van der Waals surface area contributed by atoms with E-state index in [1.54, 1.807) is 40.2 Å². The van der Waals surface area contributed by atoms with Crippen LogP contribution in [0.2, 0.25) is 0 Å². The first-order valence-electron chi connectivity index (χ1n) is 11.8. The predicted molar refractivity (Wildman–Crippen MR) is 126 cm³/mol. The standard InChI is InChI=1S/C25H25F3N4O3S/c26-25(27,28)18-5-3-6-21(17-18)36(34,35)32(19-9-10-19)20-11-15-30(16-12-20)24(33)22-7-1-2-8-23(22)31-14-4-13-29-31/h1-8,13-14,17,19-20H,9-12,15-16H2. The summed E-state index contributed by atoms with van der Waals surface area (Å²) >= 11 is 0. The number of carbonyl (C=O) groups excluding carboxylic acids is 1. The minimum atomic E-state index is -4.63. The van der Waals surface area contributed by atoms with Gasteiger partial charge in [0.1, 0.15) is 0 Å². The predicted octanol–water partition coefficient (Wildman–Crippen LogP) is 4.35. The minimum Gasteiger partial charge on any atom is -0.338 e. The van der Waals surface area contributed by atoms with Crippen LogP contribution < -0.4 is 0 Å². The molecule has 1 aliphatic carbocycles. The summed E-state index contributed by atoms with van der Waals surface area (Å²) in [6, 6.07) is 12.2. The third-order valence-electron chi connectivity index (χ3n) is 6.64. The van der Waals surface area contributed by atoms with E-state index in [0.717, 1.165) is 12.1 Å². The molecular weight excluding hydrogens is 493 g/mol. The lowest BCUT2D eigenvalue weighted by atomic mass is 10.0. The molecule has 7 nitrogen and oxygen atoms in total. The maximum Gasteiger partial charge on any atom is 0.416 e. The number of piperidine rings is 1. The molecule has 2 heterocycles. The molecule has 0 unspecified atom stereocenters. The van der Waals surface area contributed by atoms with Gasteiger partial charge in [-0.25, -0.2) is 13.1 Å². The number of hydrogen-bond donors (Lipinski definition) is 0. The molecule has 1 aliphatic heterocycles. The molecule has 0 spiro atoms. The summed E-state index contributed by atoms with van der Waals surface area (Å²) in [5.74, 6) is -0.168. The fourth-order valence-electron chi connectivity index (χ4n) is 4.73. The van der Waals surface area contributed by atoms with Gasteiger partial charge >= 0.3 is 6.18 Å². The van der Waals surface area contributed by atoms with E-state index in [-0.39, 0.29) is 22.9 Å². The first-order valence-corrected chi connectivity index (χ1v) is 13.2. The number of aromatic nitrogens is 2. The molecule has 0 radical (unpaired) electrons. The van der Waals surface area contributed by atoms with Crippen LogP contribution in [0.3, 0.4) is 0 Å². The molecule has 1 saturated carbocycles. The molecule has 3 aromatic rings. The van der Waals surface area contributed by atoms with Gasteiger partial charge < -0.3 is 4.90 Å². The van der Waals surface area contributed by atoms with Gasteiger partial charge in [-0.05, 0) is 62.1 Å². The molecule has 1 saturated heterocycles. The number of sulfonamides is 1. The topological polar surface area (TPSA) is 75.5 Å². The number of amides is 1. The number of benzene rings is 2. The Morgan fingerprint density at radius 2 is 1.64 bits per heavy atom. The Bertz CT molecular complexity index is 1350. The highest BCUT2D eigenvalue weighted by Gasteiger charge is 2.44. The molecule has 1 aromatic heterocycles. The van der Waals surface area contributed by atoms with Crippen molar-refractivity contribution in [2.75, 3.05) is 13.1 Å². The molecule has 2 aliphatic rings. The number of alkyl halides is 3. The number of carbonyl (C=O) groups is 1. The lowest BCUT2D eigenvalue weighted by molar-refractivity contribution is -0.137. The van der Waals surface area contributed by atoms with Crippen LogP contribution in [0.25, 0.3) is 5.69 Å². The van der Waals surface area contributed by atoms with Crippen molar-refractivity contribution < 1.29 is 26.4 Å². The first kappa shape index (κ1) is 24.5. The Hall–Kier alpha value is -3.18. The van der Waals surface area contributed by atoms with E-state index >= 15 is 0 Å². The summed E-state index contributed by atoms with van der Waals surface area (Å²) in [4.78, 5) is 14.7. The normalized spacial score (nSPS) is 17.5. The van der Waals surface area contributed by atoms with Crippen molar-refractivity contribution in [3.8, 4) is 5.69 Å². The fourth-order valence-corrected chi connectivity index (χ4v) is 6.71. The average Bonchev–Trinajstić information content (AvgIpc) is 3.54. The van der Waals surface area contributed by atoms with Gasteiger partial charge in [-0.2, -0.15) is 22.6 Å². The summed E-state index contributed by atoms with van der Waals surface area (Å²) < 4.78 is 69.6. The number of hydrogen-bond acceptors (Lipinski definition) is 4. The smallest absolute Gasteiger partial charge is 0.338 e. The van der Waals surface area contributed by atoms with Crippen LogP contribution in [0.5, 0.6) is 0 Å². The van der Waals surface area contributed by atoms with Gasteiger partial charge in [0.25, 0.3) is 5.91 Å². The second-order valence-electron chi connectivity index (χ2n) is 9.08. The summed E-state index contributed by atoms with van der Waals surface area (Å²) in [6.07, 6.45) is 0.917. The number of para-hydroxylation sites is 1. The van der Waals surface area contributed by atoms with Crippen LogP contribution in [-0.2, 0) is 16.2 Å².